The number of alkyl halides is 2. The van der Waals surface area contributed by atoms with Gasteiger partial charge in [0.25, 0.3) is 5.69 Å². The van der Waals surface area contributed by atoms with Gasteiger partial charge >= 0.3 is 0 Å². The first kappa shape index (κ1) is 11.7. The average Bonchev–Trinajstić information content (AvgIpc) is 2.18. The van der Waals surface area contributed by atoms with Gasteiger partial charge < -0.3 is 0 Å². The molecule has 0 bridgehead atoms. The van der Waals surface area contributed by atoms with Crippen molar-refractivity contribution in [3.05, 3.63) is 39.9 Å². The van der Waals surface area contributed by atoms with E-state index in [0.717, 1.165) is 17.3 Å². The predicted octanol–water partition coefficient (Wildman–Crippen LogP) is 3.82. The molecule has 0 amide bonds. The van der Waals surface area contributed by atoms with Gasteiger partial charge in [-0.3, -0.25) is 10.1 Å². The molecule has 0 aliphatic rings. The maximum Gasteiger partial charge on any atom is 0.269 e. The van der Waals surface area contributed by atoms with Gasteiger partial charge in [0.2, 0.25) is 0 Å². The Labute approximate surface area is 98.9 Å². The van der Waals surface area contributed by atoms with Gasteiger partial charge in [-0.25, -0.2) is 0 Å². The number of nitro benzene ring substituents is 1. The lowest BCUT2D eigenvalue weighted by Crippen LogP contribution is -1.93. The van der Waals surface area contributed by atoms with E-state index >= 15 is 0 Å². The van der Waals surface area contributed by atoms with Crippen molar-refractivity contribution in [1.82, 2.24) is 0 Å². The molecule has 76 valence electrons. The van der Waals surface area contributed by atoms with E-state index in [1.165, 1.54) is 6.07 Å². The second kappa shape index (κ2) is 5.46. The van der Waals surface area contributed by atoms with Crippen LogP contribution in [0.2, 0.25) is 0 Å². The Bertz CT molecular complexity index is 330. The monoisotopic (exact) mass is 321 g/mol. The van der Waals surface area contributed by atoms with E-state index in [-0.39, 0.29) is 15.4 Å². The molecule has 1 rings (SSSR count). The van der Waals surface area contributed by atoms with Crippen LogP contribution in [-0.4, -0.2) is 10.3 Å². The fraction of sp³-hybridized carbons (Fsp3) is 0.333. The number of nitrogens with zero attached hydrogens (tertiary/aromatic N) is 1. The van der Waals surface area contributed by atoms with Crippen molar-refractivity contribution < 1.29 is 4.92 Å². The van der Waals surface area contributed by atoms with Gasteiger partial charge in [-0.2, -0.15) is 0 Å². The lowest BCUT2D eigenvalue weighted by molar-refractivity contribution is -0.384. The molecule has 5 heteroatoms. The minimum Gasteiger partial charge on any atom is -0.258 e. The molecule has 1 aromatic carbocycles. The normalized spacial score (nSPS) is 12.4. The molecule has 3 nitrogen and oxygen atoms in total. The van der Waals surface area contributed by atoms with Gasteiger partial charge in [0.1, 0.15) is 0 Å². The van der Waals surface area contributed by atoms with Crippen LogP contribution in [0.4, 0.5) is 5.69 Å². The highest BCUT2D eigenvalue weighted by molar-refractivity contribution is 9.09. The third-order valence-corrected chi connectivity index (χ3v) is 3.25. The molecule has 0 heterocycles. The zero-order valence-corrected chi connectivity index (χ0v) is 10.5. The molecule has 0 aliphatic heterocycles. The molecule has 0 saturated carbocycles. The van der Waals surface area contributed by atoms with Crippen LogP contribution in [0.5, 0.6) is 0 Å². The van der Waals surface area contributed by atoms with Crippen molar-refractivity contribution in [3.8, 4) is 0 Å². The van der Waals surface area contributed by atoms with Crippen LogP contribution in [0.25, 0.3) is 0 Å². The molecule has 0 spiro atoms. The number of halogens is 2. The summed E-state index contributed by atoms with van der Waals surface area (Å²) in [4.78, 5) is 10.3. The lowest BCUT2D eigenvalue weighted by atomic mass is 10.1. The van der Waals surface area contributed by atoms with Gasteiger partial charge in [0.15, 0.2) is 0 Å². The number of nitro groups is 1. The molecule has 0 saturated heterocycles. The molecule has 0 fully saturated rings. The van der Waals surface area contributed by atoms with Gasteiger partial charge in [0, 0.05) is 22.3 Å². The summed E-state index contributed by atoms with van der Waals surface area (Å²) in [5.74, 6) is 0. The zero-order valence-electron chi connectivity index (χ0n) is 7.32. The highest BCUT2D eigenvalue weighted by atomic mass is 79.9. The summed E-state index contributed by atoms with van der Waals surface area (Å²) < 4.78 is 0. The van der Waals surface area contributed by atoms with Gasteiger partial charge in [-0.1, -0.05) is 44.0 Å². The van der Waals surface area contributed by atoms with Gasteiger partial charge in [-0.05, 0) is 12.0 Å². The smallest absolute Gasteiger partial charge is 0.258 e. The second-order valence-corrected chi connectivity index (χ2v) is 4.70. The molecule has 14 heavy (non-hydrogen) atoms. The number of hydrogen-bond donors (Lipinski definition) is 0. The van der Waals surface area contributed by atoms with Crippen molar-refractivity contribution in [2.45, 2.75) is 11.2 Å². The minimum absolute atomic E-state index is 0.140. The third-order valence-electron chi connectivity index (χ3n) is 1.81. The van der Waals surface area contributed by atoms with Crippen LogP contribution in [0, 0.1) is 10.1 Å². The summed E-state index contributed by atoms with van der Waals surface area (Å²) in [6, 6.07) is 6.68. The lowest BCUT2D eigenvalue weighted by Gasteiger charge is -2.07. The fourth-order valence-electron chi connectivity index (χ4n) is 1.10. The quantitative estimate of drug-likeness (QED) is 0.480. The van der Waals surface area contributed by atoms with Crippen LogP contribution in [0.3, 0.4) is 0 Å². The summed E-state index contributed by atoms with van der Waals surface area (Å²) in [6.07, 6.45) is 0.904. The largest absolute Gasteiger partial charge is 0.269 e. The van der Waals surface area contributed by atoms with Crippen LogP contribution in [0.15, 0.2) is 24.3 Å². The second-order valence-electron chi connectivity index (χ2n) is 2.80. The maximum absolute atomic E-state index is 10.5. The molecule has 0 aromatic heterocycles. The van der Waals surface area contributed by atoms with Gasteiger partial charge in [-0.15, -0.1) is 0 Å². The number of rotatable bonds is 4. The first-order valence-corrected chi connectivity index (χ1v) is 6.13. The Balaban J connectivity index is 2.87. The van der Waals surface area contributed by atoms with Gasteiger partial charge in [0.05, 0.1) is 4.92 Å². The number of benzene rings is 1. The minimum atomic E-state index is -0.378. The standard InChI is InChI=1S/C9H9Br2NO2/c10-5-4-9(11)7-2-1-3-8(6-7)12(13)14/h1-3,6,9H,4-5H2. The number of non-ortho nitro benzene ring substituents is 1. The van der Waals surface area contributed by atoms with E-state index in [1.807, 2.05) is 6.07 Å². The topological polar surface area (TPSA) is 43.1 Å². The Hall–Kier alpha value is -0.420. The van der Waals surface area contributed by atoms with E-state index in [4.69, 9.17) is 0 Å². The van der Waals surface area contributed by atoms with Crippen molar-refractivity contribution in [2.75, 3.05) is 5.33 Å². The van der Waals surface area contributed by atoms with Crippen LogP contribution < -0.4 is 0 Å². The first-order chi connectivity index (χ1) is 6.65. The molecule has 1 unspecified atom stereocenters. The molecule has 0 radical (unpaired) electrons. The van der Waals surface area contributed by atoms with Crippen LogP contribution in [0.1, 0.15) is 16.8 Å². The highest BCUT2D eigenvalue weighted by Crippen LogP contribution is 2.29. The summed E-state index contributed by atoms with van der Waals surface area (Å²) in [5.41, 5.74) is 1.08. The maximum atomic E-state index is 10.5. The highest BCUT2D eigenvalue weighted by Gasteiger charge is 2.11. The summed E-state index contributed by atoms with van der Waals surface area (Å²) in [5, 5.41) is 11.4. The average molecular weight is 323 g/mol. The van der Waals surface area contributed by atoms with E-state index in [9.17, 15) is 10.1 Å². The SMILES string of the molecule is O=[N+]([O-])c1cccc(C(Br)CCBr)c1. The van der Waals surface area contributed by atoms with E-state index in [2.05, 4.69) is 31.9 Å². The number of hydrogen-bond acceptors (Lipinski definition) is 2. The van der Waals surface area contributed by atoms with Crippen LogP contribution >= 0.6 is 31.9 Å². The Morgan fingerprint density at radius 2 is 2.21 bits per heavy atom. The van der Waals surface area contributed by atoms with E-state index in [1.54, 1.807) is 12.1 Å². The summed E-state index contributed by atoms with van der Waals surface area (Å²) in [7, 11) is 0. The third kappa shape index (κ3) is 3.06. The van der Waals surface area contributed by atoms with E-state index < -0.39 is 0 Å². The zero-order chi connectivity index (χ0) is 10.6. The molecule has 0 N–H and O–H groups in total. The molecular formula is C9H9Br2NO2. The predicted molar refractivity (Wildman–Crippen MR) is 63.2 cm³/mol. The van der Waals surface area contributed by atoms with Crippen molar-refractivity contribution in [1.29, 1.82) is 0 Å². The molecule has 1 atom stereocenters. The molecule has 1 aromatic rings. The molecule has 0 aliphatic carbocycles. The van der Waals surface area contributed by atoms with Crippen molar-refractivity contribution in [3.63, 3.8) is 0 Å². The Morgan fingerprint density at radius 3 is 2.79 bits per heavy atom. The first-order valence-electron chi connectivity index (χ1n) is 4.09. The van der Waals surface area contributed by atoms with Crippen LogP contribution in [-0.2, 0) is 0 Å². The summed E-state index contributed by atoms with van der Waals surface area (Å²) >= 11 is 6.81. The fourth-order valence-corrected chi connectivity index (χ4v) is 2.68. The Kier molecular flexibility index (Phi) is 4.54. The van der Waals surface area contributed by atoms with Crippen molar-refractivity contribution >= 4 is 37.5 Å². The molecular weight excluding hydrogens is 314 g/mol. The van der Waals surface area contributed by atoms with Crippen molar-refractivity contribution in [2.24, 2.45) is 0 Å². The summed E-state index contributed by atoms with van der Waals surface area (Å²) in [6.45, 7) is 0. The Morgan fingerprint density at radius 1 is 1.50 bits per heavy atom. The van der Waals surface area contributed by atoms with E-state index in [0.29, 0.717) is 0 Å².